The molecule has 9 heteroatoms. The van der Waals surface area contributed by atoms with Crippen molar-refractivity contribution < 1.29 is 4.74 Å². The molecule has 0 atom stereocenters. The van der Waals surface area contributed by atoms with Crippen molar-refractivity contribution in [3.05, 3.63) is 40.3 Å². The topological polar surface area (TPSA) is 73.4 Å². The maximum Gasteiger partial charge on any atom is 0.162 e. The van der Waals surface area contributed by atoms with Crippen LogP contribution in [0.2, 0.25) is 0 Å². The third-order valence-corrected chi connectivity index (χ3v) is 7.45. The summed E-state index contributed by atoms with van der Waals surface area (Å²) in [6, 6.07) is 2.27. The minimum Gasteiger partial charge on any atom is -0.378 e. The summed E-state index contributed by atoms with van der Waals surface area (Å²) >= 11 is 1.84. The van der Waals surface area contributed by atoms with E-state index in [2.05, 4.69) is 44.1 Å². The number of aryl methyl sites for hydroxylation is 1. The monoisotopic (exact) mass is 483 g/mol. The third kappa shape index (κ3) is 5.33. The minimum absolute atomic E-state index is 0.734. The summed E-state index contributed by atoms with van der Waals surface area (Å²) in [6.45, 7) is 16.7. The van der Waals surface area contributed by atoms with Crippen molar-refractivity contribution >= 4 is 32.9 Å². The van der Waals surface area contributed by atoms with Crippen molar-refractivity contribution in [2.75, 3.05) is 64.4 Å². The molecule has 5 rings (SSSR count). The molecule has 0 saturated carbocycles. The third-order valence-electron chi connectivity index (χ3n) is 6.34. The summed E-state index contributed by atoms with van der Waals surface area (Å²) in [4.78, 5) is 18.8. The molecule has 1 N–H and O–H groups in total. The van der Waals surface area contributed by atoms with Gasteiger partial charge in [0.1, 0.15) is 0 Å². The molecule has 2 fully saturated rings. The number of piperazine rings is 1. The number of rotatable bonds is 5. The number of hydrogen-bond donors (Lipinski definition) is 1. The van der Waals surface area contributed by atoms with E-state index in [0.29, 0.717) is 0 Å². The van der Waals surface area contributed by atoms with Gasteiger partial charge in [-0.1, -0.05) is 19.9 Å². The Morgan fingerprint density at radius 2 is 1.85 bits per heavy atom. The summed E-state index contributed by atoms with van der Waals surface area (Å²) < 4.78 is 6.78. The Kier molecular flexibility index (Phi) is 8.31. The van der Waals surface area contributed by atoms with Gasteiger partial charge in [-0.25, -0.2) is 9.97 Å². The SMILES string of the molecule is C/C=C(/c1nc(N2CCOCC2)c2sc(CN3CCN(C)CC3)cc2n1)c1cn[nH]c1C.CC. The summed E-state index contributed by atoms with van der Waals surface area (Å²) in [6.07, 6.45) is 3.94. The molecule has 0 aliphatic carbocycles. The van der Waals surface area contributed by atoms with Crippen LogP contribution in [0.15, 0.2) is 18.3 Å². The largest absolute Gasteiger partial charge is 0.378 e. The zero-order valence-corrected chi connectivity index (χ0v) is 21.9. The molecule has 8 nitrogen and oxygen atoms in total. The maximum absolute atomic E-state index is 5.61. The van der Waals surface area contributed by atoms with Gasteiger partial charge in [-0.15, -0.1) is 11.3 Å². The minimum atomic E-state index is 0.734. The van der Waals surface area contributed by atoms with Gasteiger partial charge in [-0.3, -0.25) is 10.00 Å². The van der Waals surface area contributed by atoms with E-state index in [1.54, 1.807) is 0 Å². The highest BCUT2D eigenvalue weighted by molar-refractivity contribution is 7.19. The van der Waals surface area contributed by atoms with Crippen molar-refractivity contribution in [2.45, 2.75) is 34.2 Å². The number of H-pyrrole nitrogens is 1. The molecule has 0 spiro atoms. The molecule has 34 heavy (non-hydrogen) atoms. The van der Waals surface area contributed by atoms with Gasteiger partial charge in [-0.05, 0) is 27.0 Å². The van der Waals surface area contributed by atoms with E-state index in [1.165, 1.54) is 9.58 Å². The first-order valence-corrected chi connectivity index (χ1v) is 13.1. The van der Waals surface area contributed by atoms with Crippen LogP contribution in [0.1, 0.15) is 42.7 Å². The number of morpholine rings is 1. The zero-order chi connectivity index (χ0) is 24.1. The molecule has 0 aromatic carbocycles. The molecule has 0 unspecified atom stereocenters. The summed E-state index contributed by atoms with van der Waals surface area (Å²) in [5.74, 6) is 1.79. The van der Waals surface area contributed by atoms with Crippen LogP contribution in [0.3, 0.4) is 0 Å². The number of anilines is 1. The first-order valence-electron chi connectivity index (χ1n) is 12.3. The lowest BCUT2D eigenvalue weighted by molar-refractivity contribution is 0.122. The fourth-order valence-corrected chi connectivity index (χ4v) is 5.56. The van der Waals surface area contributed by atoms with Crippen LogP contribution in [0.5, 0.6) is 0 Å². The molecule has 2 aliphatic rings. The molecule has 5 heterocycles. The molecule has 0 radical (unpaired) electrons. The summed E-state index contributed by atoms with van der Waals surface area (Å²) in [7, 11) is 2.20. The Morgan fingerprint density at radius 3 is 2.50 bits per heavy atom. The van der Waals surface area contributed by atoms with Gasteiger partial charge in [0.05, 0.1) is 29.6 Å². The predicted octanol–water partition coefficient (Wildman–Crippen LogP) is 3.78. The van der Waals surface area contributed by atoms with Crippen molar-refractivity contribution in [1.29, 1.82) is 0 Å². The Balaban J connectivity index is 0.00000133. The maximum atomic E-state index is 5.61. The van der Waals surface area contributed by atoms with Crippen LogP contribution in [0, 0.1) is 6.92 Å². The number of thiophene rings is 1. The molecule has 2 aliphatic heterocycles. The highest BCUT2D eigenvalue weighted by Crippen LogP contribution is 2.35. The molecular weight excluding hydrogens is 446 g/mol. The number of likely N-dealkylation sites (N-methyl/N-ethyl adjacent to an activating group) is 1. The fourth-order valence-electron chi connectivity index (χ4n) is 4.41. The molecule has 3 aromatic rings. The van der Waals surface area contributed by atoms with Crippen molar-refractivity contribution in [1.82, 2.24) is 30.0 Å². The van der Waals surface area contributed by atoms with E-state index in [-0.39, 0.29) is 0 Å². The van der Waals surface area contributed by atoms with Gasteiger partial charge < -0.3 is 14.5 Å². The lowest BCUT2D eigenvalue weighted by Crippen LogP contribution is -2.43. The van der Waals surface area contributed by atoms with E-state index in [4.69, 9.17) is 14.7 Å². The fraction of sp³-hybridized carbons (Fsp3) is 0.560. The normalized spacial score (nSPS) is 18.3. The molecule has 2 saturated heterocycles. The second-order valence-electron chi connectivity index (χ2n) is 8.59. The van der Waals surface area contributed by atoms with Crippen molar-refractivity contribution in [2.24, 2.45) is 0 Å². The van der Waals surface area contributed by atoms with Crippen LogP contribution >= 0.6 is 11.3 Å². The number of nitrogens with zero attached hydrogens (tertiary/aromatic N) is 6. The van der Waals surface area contributed by atoms with E-state index >= 15 is 0 Å². The molecule has 184 valence electrons. The first-order chi connectivity index (χ1) is 16.6. The van der Waals surface area contributed by atoms with Crippen LogP contribution in [-0.2, 0) is 11.3 Å². The summed E-state index contributed by atoms with van der Waals surface area (Å²) in [5.41, 5.74) is 4.12. The number of allylic oxidation sites excluding steroid dienone is 1. The highest BCUT2D eigenvalue weighted by atomic mass is 32.1. The number of nitrogens with one attached hydrogen (secondary N) is 1. The number of hydrogen-bond acceptors (Lipinski definition) is 8. The first kappa shape index (κ1) is 24.8. The van der Waals surface area contributed by atoms with Crippen molar-refractivity contribution in [3.63, 3.8) is 0 Å². The molecule has 0 amide bonds. The average Bonchev–Trinajstić information content (AvgIpc) is 3.48. The number of aromatic nitrogens is 4. The predicted molar refractivity (Wildman–Crippen MR) is 141 cm³/mol. The zero-order valence-electron chi connectivity index (χ0n) is 21.1. The van der Waals surface area contributed by atoms with Gasteiger partial charge in [0, 0.05) is 67.5 Å². The standard InChI is InChI=1S/C23H31N7OS.C2H6/c1-4-18(19-14-24-27-16(19)2)22-25-20-13-17(15-29-7-5-28(3)6-8-29)32-21(20)23(26-22)30-9-11-31-12-10-30;1-2/h4,13-14H,5-12,15H2,1-3H3,(H,24,27);1-2H3/b18-4+;. The van der Waals surface area contributed by atoms with Gasteiger partial charge >= 0.3 is 0 Å². The van der Waals surface area contributed by atoms with Crippen molar-refractivity contribution in [3.8, 4) is 0 Å². The van der Waals surface area contributed by atoms with Gasteiger partial charge in [0.15, 0.2) is 11.6 Å². The van der Waals surface area contributed by atoms with Crippen LogP contribution < -0.4 is 4.90 Å². The van der Waals surface area contributed by atoms with Crippen LogP contribution in [-0.4, -0.2) is 89.5 Å². The Labute approximate surface area is 206 Å². The Hall–Kier alpha value is -2.33. The second-order valence-corrected chi connectivity index (χ2v) is 9.72. The lowest BCUT2D eigenvalue weighted by Gasteiger charge is -2.31. The Morgan fingerprint density at radius 1 is 1.12 bits per heavy atom. The molecule has 0 bridgehead atoms. The summed E-state index contributed by atoms with van der Waals surface area (Å²) in [5, 5.41) is 7.25. The quantitative estimate of drug-likeness (QED) is 0.592. The van der Waals surface area contributed by atoms with E-state index in [9.17, 15) is 0 Å². The number of ether oxygens (including phenoxy) is 1. The number of fused-ring (bicyclic) bond motifs is 1. The Bertz CT molecular complexity index is 1110. The van der Waals surface area contributed by atoms with Gasteiger partial charge in [0.2, 0.25) is 0 Å². The molecule has 3 aromatic heterocycles. The number of aromatic amines is 1. The van der Waals surface area contributed by atoms with Crippen LogP contribution in [0.25, 0.3) is 15.8 Å². The van der Waals surface area contributed by atoms with Crippen LogP contribution in [0.4, 0.5) is 5.82 Å². The van der Waals surface area contributed by atoms with Gasteiger partial charge in [-0.2, -0.15) is 5.10 Å². The van der Waals surface area contributed by atoms with E-state index in [0.717, 1.165) is 93.0 Å². The smallest absolute Gasteiger partial charge is 0.162 e. The highest BCUT2D eigenvalue weighted by Gasteiger charge is 2.23. The average molecular weight is 484 g/mol. The van der Waals surface area contributed by atoms with E-state index < -0.39 is 0 Å². The van der Waals surface area contributed by atoms with E-state index in [1.807, 2.05) is 45.2 Å². The second kappa shape index (κ2) is 11.4. The lowest BCUT2D eigenvalue weighted by atomic mass is 10.1. The molecular formula is C25H37N7OS. The van der Waals surface area contributed by atoms with Gasteiger partial charge in [0.25, 0.3) is 0 Å².